The second-order valence-corrected chi connectivity index (χ2v) is 5.44. The number of rotatable bonds is 8. The minimum atomic E-state index is 0.329. The maximum atomic E-state index is 5.51. The molecule has 0 aliphatic heterocycles. The quantitative estimate of drug-likeness (QED) is 0.524. The van der Waals surface area contributed by atoms with Crippen molar-refractivity contribution in [2.75, 3.05) is 41.7 Å². The Labute approximate surface area is 160 Å². The number of hydrogen-bond acceptors (Lipinski definition) is 5. The Morgan fingerprint density at radius 1 is 0.815 bits per heavy atom. The Morgan fingerprint density at radius 3 is 2.15 bits per heavy atom. The molecule has 0 saturated carbocycles. The van der Waals surface area contributed by atoms with Crippen molar-refractivity contribution in [3.05, 3.63) is 53.6 Å². The summed E-state index contributed by atoms with van der Waals surface area (Å²) in [4.78, 5) is 0. The third-order valence-corrected chi connectivity index (χ3v) is 3.69. The van der Waals surface area contributed by atoms with E-state index in [-0.39, 0.29) is 0 Å². The Balaban J connectivity index is 1.84. The van der Waals surface area contributed by atoms with Crippen LogP contribution in [0, 0.1) is 11.8 Å². The number of methoxy groups -OCH3 is 4. The van der Waals surface area contributed by atoms with E-state index in [0.717, 1.165) is 11.1 Å². The predicted octanol–water partition coefficient (Wildman–Crippen LogP) is 3.80. The summed E-state index contributed by atoms with van der Waals surface area (Å²) < 4.78 is 26.5. The maximum Gasteiger partial charge on any atom is 0.161 e. The first kappa shape index (κ1) is 20.2. The molecule has 0 aromatic heterocycles. The zero-order valence-electron chi connectivity index (χ0n) is 16.1. The smallest absolute Gasteiger partial charge is 0.161 e. The molecule has 0 fully saturated rings. The molecule has 0 atom stereocenters. The lowest BCUT2D eigenvalue weighted by atomic mass is 10.2. The van der Waals surface area contributed by atoms with E-state index >= 15 is 0 Å². The minimum absolute atomic E-state index is 0.329. The van der Waals surface area contributed by atoms with Crippen molar-refractivity contribution < 1.29 is 23.7 Å². The summed E-state index contributed by atoms with van der Waals surface area (Å²) >= 11 is 0. The van der Waals surface area contributed by atoms with Crippen LogP contribution in [-0.2, 0) is 4.74 Å². The van der Waals surface area contributed by atoms with Crippen molar-refractivity contribution in [1.29, 1.82) is 0 Å². The van der Waals surface area contributed by atoms with E-state index in [1.54, 1.807) is 34.5 Å². The van der Waals surface area contributed by atoms with Crippen LogP contribution in [0.5, 0.6) is 23.0 Å². The van der Waals surface area contributed by atoms with Gasteiger partial charge in [-0.2, -0.15) is 0 Å². The zero-order chi connectivity index (χ0) is 19.5. The van der Waals surface area contributed by atoms with E-state index in [1.807, 2.05) is 42.5 Å². The summed E-state index contributed by atoms with van der Waals surface area (Å²) in [5.74, 6) is 8.83. The average Bonchev–Trinajstić information content (AvgIpc) is 2.72. The molecule has 27 heavy (non-hydrogen) atoms. The molecule has 0 heterocycles. The molecule has 0 bridgehead atoms. The van der Waals surface area contributed by atoms with Gasteiger partial charge >= 0.3 is 0 Å². The van der Waals surface area contributed by atoms with Gasteiger partial charge in [0.1, 0.15) is 18.1 Å². The van der Waals surface area contributed by atoms with Gasteiger partial charge in [-0.05, 0) is 29.8 Å². The molecule has 5 heteroatoms. The molecule has 2 aromatic carbocycles. The Kier molecular flexibility index (Phi) is 8.08. The molecule has 0 unspecified atom stereocenters. The van der Waals surface area contributed by atoms with Gasteiger partial charge in [0.25, 0.3) is 0 Å². The van der Waals surface area contributed by atoms with E-state index in [9.17, 15) is 0 Å². The number of ether oxygens (including phenoxy) is 5. The van der Waals surface area contributed by atoms with Crippen LogP contribution in [-0.4, -0.2) is 41.7 Å². The highest BCUT2D eigenvalue weighted by molar-refractivity contribution is 5.55. The van der Waals surface area contributed by atoms with Gasteiger partial charge in [-0.25, -0.2) is 0 Å². The maximum absolute atomic E-state index is 5.51. The lowest BCUT2D eigenvalue weighted by Crippen LogP contribution is -1.92. The highest BCUT2D eigenvalue weighted by Gasteiger charge is 2.02. The van der Waals surface area contributed by atoms with E-state index in [1.165, 1.54) is 0 Å². The molecule has 0 spiro atoms. The summed E-state index contributed by atoms with van der Waals surface area (Å²) in [6.07, 6.45) is 3.89. The monoisotopic (exact) mass is 368 g/mol. The SMILES string of the molecule is COc1cc(C#CCOC/C=C/c2ccc(OC)c(OC)c2)cc(OC)c1. The fourth-order valence-corrected chi connectivity index (χ4v) is 2.34. The van der Waals surface area contributed by atoms with Crippen molar-refractivity contribution in [3.8, 4) is 34.8 Å². The lowest BCUT2D eigenvalue weighted by molar-refractivity contribution is 0.199. The Hall–Kier alpha value is -3.10. The van der Waals surface area contributed by atoms with Crippen LogP contribution >= 0.6 is 0 Å². The van der Waals surface area contributed by atoms with Gasteiger partial charge in [0.2, 0.25) is 0 Å². The first-order valence-corrected chi connectivity index (χ1v) is 8.38. The normalized spacial score (nSPS) is 10.2. The van der Waals surface area contributed by atoms with Crippen molar-refractivity contribution in [2.45, 2.75) is 0 Å². The summed E-state index contributed by atoms with van der Waals surface area (Å²) in [6.45, 7) is 0.792. The van der Waals surface area contributed by atoms with Gasteiger partial charge in [0.05, 0.1) is 35.0 Å². The van der Waals surface area contributed by atoms with Crippen molar-refractivity contribution >= 4 is 6.08 Å². The molecule has 0 aliphatic rings. The molecule has 5 nitrogen and oxygen atoms in total. The van der Waals surface area contributed by atoms with E-state index in [0.29, 0.717) is 36.2 Å². The summed E-state index contributed by atoms with van der Waals surface area (Å²) in [6, 6.07) is 11.2. The van der Waals surface area contributed by atoms with Gasteiger partial charge < -0.3 is 23.7 Å². The van der Waals surface area contributed by atoms with Crippen molar-refractivity contribution in [3.63, 3.8) is 0 Å². The topological polar surface area (TPSA) is 46.2 Å². The molecule has 0 N–H and O–H groups in total. The Bertz CT molecular complexity index is 808. The van der Waals surface area contributed by atoms with Crippen LogP contribution < -0.4 is 18.9 Å². The van der Waals surface area contributed by atoms with E-state index in [4.69, 9.17) is 23.7 Å². The lowest BCUT2D eigenvalue weighted by Gasteiger charge is -2.07. The molecule has 0 amide bonds. The molecule has 0 aliphatic carbocycles. The van der Waals surface area contributed by atoms with Crippen LogP contribution in [0.2, 0.25) is 0 Å². The van der Waals surface area contributed by atoms with Gasteiger partial charge in [-0.3, -0.25) is 0 Å². The molecular formula is C22H24O5. The van der Waals surface area contributed by atoms with Crippen LogP contribution in [0.15, 0.2) is 42.5 Å². The fraction of sp³-hybridized carbons (Fsp3) is 0.273. The standard InChI is InChI=1S/C22H24O5/c1-23-19-13-18(14-20(16-19)24-2)8-6-12-27-11-5-7-17-9-10-21(25-3)22(15-17)26-4/h5,7,9-10,13-16H,11-12H2,1-4H3/b7-5+. The summed E-state index contributed by atoms with van der Waals surface area (Å²) in [7, 11) is 6.45. The van der Waals surface area contributed by atoms with Gasteiger partial charge in [0, 0.05) is 11.6 Å². The predicted molar refractivity (Wildman–Crippen MR) is 106 cm³/mol. The summed E-state index contributed by atoms with van der Waals surface area (Å²) in [5.41, 5.74) is 1.82. The van der Waals surface area contributed by atoms with E-state index in [2.05, 4.69) is 11.8 Å². The molecule has 0 saturated heterocycles. The Morgan fingerprint density at radius 2 is 1.52 bits per heavy atom. The molecule has 142 valence electrons. The highest BCUT2D eigenvalue weighted by Crippen LogP contribution is 2.28. The number of benzene rings is 2. The van der Waals surface area contributed by atoms with Crippen molar-refractivity contribution in [2.24, 2.45) is 0 Å². The van der Waals surface area contributed by atoms with Gasteiger partial charge in [-0.1, -0.05) is 30.1 Å². The third-order valence-electron chi connectivity index (χ3n) is 3.69. The second kappa shape index (κ2) is 10.8. The van der Waals surface area contributed by atoms with Crippen LogP contribution in [0.25, 0.3) is 6.08 Å². The first-order valence-electron chi connectivity index (χ1n) is 8.38. The van der Waals surface area contributed by atoms with Gasteiger partial charge in [0.15, 0.2) is 11.5 Å². The molecular weight excluding hydrogens is 344 g/mol. The zero-order valence-corrected chi connectivity index (χ0v) is 16.1. The fourth-order valence-electron chi connectivity index (χ4n) is 2.34. The molecule has 2 rings (SSSR count). The minimum Gasteiger partial charge on any atom is -0.497 e. The third kappa shape index (κ3) is 6.28. The second-order valence-electron chi connectivity index (χ2n) is 5.44. The largest absolute Gasteiger partial charge is 0.497 e. The average molecular weight is 368 g/mol. The molecule has 2 aromatic rings. The van der Waals surface area contributed by atoms with Crippen LogP contribution in [0.3, 0.4) is 0 Å². The first-order chi connectivity index (χ1) is 13.2. The van der Waals surface area contributed by atoms with Crippen LogP contribution in [0.1, 0.15) is 11.1 Å². The van der Waals surface area contributed by atoms with E-state index < -0.39 is 0 Å². The molecule has 0 radical (unpaired) electrons. The van der Waals surface area contributed by atoms with Crippen LogP contribution in [0.4, 0.5) is 0 Å². The van der Waals surface area contributed by atoms with Gasteiger partial charge in [-0.15, -0.1) is 0 Å². The number of hydrogen-bond donors (Lipinski definition) is 0. The highest BCUT2D eigenvalue weighted by atomic mass is 16.5. The van der Waals surface area contributed by atoms with Crippen molar-refractivity contribution in [1.82, 2.24) is 0 Å². The summed E-state index contributed by atoms with van der Waals surface area (Å²) in [5, 5.41) is 0.